The first-order valence-corrected chi connectivity index (χ1v) is 4.98. The smallest absolute Gasteiger partial charge is 0.387 e. The van der Waals surface area contributed by atoms with Crippen LogP contribution in [0.1, 0.15) is 17.3 Å². The van der Waals surface area contributed by atoms with Crippen LogP contribution in [0.3, 0.4) is 0 Å². The van der Waals surface area contributed by atoms with Crippen LogP contribution in [0.2, 0.25) is 5.02 Å². The van der Waals surface area contributed by atoms with Crippen LogP contribution in [0.15, 0.2) is 12.1 Å². The van der Waals surface area contributed by atoms with Gasteiger partial charge in [0.2, 0.25) is 0 Å². The van der Waals surface area contributed by atoms with Gasteiger partial charge in [-0.1, -0.05) is 11.6 Å². The molecule has 0 aromatic heterocycles. The zero-order valence-corrected chi connectivity index (χ0v) is 9.50. The van der Waals surface area contributed by atoms with Crippen LogP contribution in [-0.2, 0) is 0 Å². The zero-order chi connectivity index (χ0) is 13.0. The van der Waals surface area contributed by atoms with E-state index in [1.165, 1.54) is 6.07 Å². The molecule has 0 fully saturated rings. The molecule has 0 amide bonds. The van der Waals surface area contributed by atoms with E-state index >= 15 is 0 Å². The number of halogens is 3. The van der Waals surface area contributed by atoms with Crippen molar-refractivity contribution >= 4 is 17.6 Å². The average molecular weight is 267 g/mol. The molecule has 0 aliphatic rings. The highest BCUT2D eigenvalue weighted by atomic mass is 35.5. The van der Waals surface area contributed by atoms with Crippen LogP contribution < -0.4 is 9.47 Å². The van der Waals surface area contributed by atoms with Gasteiger partial charge < -0.3 is 14.6 Å². The Balaban J connectivity index is 3.30. The summed E-state index contributed by atoms with van der Waals surface area (Å²) in [6, 6.07) is 2.24. The van der Waals surface area contributed by atoms with Gasteiger partial charge in [-0.3, -0.25) is 0 Å². The minimum atomic E-state index is -3.14. The van der Waals surface area contributed by atoms with Crippen molar-refractivity contribution in [3.05, 3.63) is 22.7 Å². The number of hydrogen-bond acceptors (Lipinski definition) is 3. The fraction of sp³-hybridized carbons (Fsp3) is 0.300. The van der Waals surface area contributed by atoms with E-state index in [1.54, 1.807) is 6.92 Å². The number of aromatic carboxylic acids is 1. The topological polar surface area (TPSA) is 55.8 Å². The summed E-state index contributed by atoms with van der Waals surface area (Å²) in [5, 5.41) is 8.92. The summed E-state index contributed by atoms with van der Waals surface area (Å²) in [4.78, 5) is 10.9. The van der Waals surface area contributed by atoms with Gasteiger partial charge in [-0.2, -0.15) is 8.78 Å². The van der Waals surface area contributed by atoms with E-state index in [4.69, 9.17) is 21.4 Å². The van der Waals surface area contributed by atoms with Crippen molar-refractivity contribution in [3.63, 3.8) is 0 Å². The quantitative estimate of drug-likeness (QED) is 0.890. The van der Waals surface area contributed by atoms with Gasteiger partial charge in [0.1, 0.15) is 5.56 Å². The summed E-state index contributed by atoms with van der Waals surface area (Å²) in [7, 11) is 0. The Labute approximate surface area is 101 Å². The van der Waals surface area contributed by atoms with Crippen molar-refractivity contribution in [1.82, 2.24) is 0 Å². The van der Waals surface area contributed by atoms with Crippen LogP contribution in [-0.4, -0.2) is 24.3 Å². The monoisotopic (exact) mass is 266 g/mol. The molecule has 0 aliphatic heterocycles. The second kappa shape index (κ2) is 5.67. The lowest BCUT2D eigenvalue weighted by molar-refractivity contribution is -0.0519. The number of rotatable bonds is 5. The zero-order valence-electron chi connectivity index (χ0n) is 8.75. The number of carboxylic acids is 1. The maximum absolute atomic E-state index is 12.2. The lowest BCUT2D eigenvalue weighted by Gasteiger charge is -2.13. The Bertz CT molecular complexity index is 423. The molecule has 94 valence electrons. The Morgan fingerprint density at radius 1 is 1.53 bits per heavy atom. The molecule has 7 heteroatoms. The molecule has 1 aromatic rings. The number of ether oxygens (including phenoxy) is 2. The highest BCUT2D eigenvalue weighted by Gasteiger charge is 2.21. The van der Waals surface area contributed by atoms with Gasteiger partial charge in [-0.25, -0.2) is 4.79 Å². The van der Waals surface area contributed by atoms with Crippen molar-refractivity contribution in [2.75, 3.05) is 6.61 Å². The molecule has 0 heterocycles. The minimum Gasteiger partial charge on any atom is -0.490 e. The summed E-state index contributed by atoms with van der Waals surface area (Å²) >= 11 is 5.65. The van der Waals surface area contributed by atoms with Crippen LogP contribution in [0.25, 0.3) is 0 Å². The first-order chi connectivity index (χ1) is 7.95. The molecule has 1 N–H and O–H groups in total. The van der Waals surface area contributed by atoms with E-state index in [0.717, 1.165) is 6.07 Å². The van der Waals surface area contributed by atoms with Crippen LogP contribution in [0.5, 0.6) is 11.5 Å². The molecule has 0 bridgehead atoms. The molecule has 1 aromatic carbocycles. The first-order valence-electron chi connectivity index (χ1n) is 4.60. The number of alkyl halides is 2. The van der Waals surface area contributed by atoms with Crippen molar-refractivity contribution in [1.29, 1.82) is 0 Å². The molecule has 0 radical (unpaired) electrons. The van der Waals surface area contributed by atoms with Gasteiger partial charge in [-0.15, -0.1) is 0 Å². The third kappa shape index (κ3) is 3.45. The molecule has 0 aliphatic carbocycles. The fourth-order valence-electron chi connectivity index (χ4n) is 1.20. The SMILES string of the molecule is CCOc1cc(Cl)cc(C(=O)O)c1OC(F)F. The molecule has 17 heavy (non-hydrogen) atoms. The predicted octanol–water partition coefficient (Wildman–Crippen LogP) is 3.04. The van der Waals surface area contributed by atoms with E-state index in [2.05, 4.69) is 4.74 Å². The van der Waals surface area contributed by atoms with Gasteiger partial charge in [-0.05, 0) is 13.0 Å². The van der Waals surface area contributed by atoms with Crippen molar-refractivity contribution in [2.24, 2.45) is 0 Å². The van der Waals surface area contributed by atoms with E-state index in [1.807, 2.05) is 0 Å². The molecule has 0 spiro atoms. The van der Waals surface area contributed by atoms with Gasteiger partial charge in [0, 0.05) is 11.1 Å². The third-order valence-corrected chi connectivity index (χ3v) is 1.98. The summed E-state index contributed by atoms with van der Waals surface area (Å²) < 4.78 is 33.5. The van der Waals surface area contributed by atoms with Crippen molar-refractivity contribution in [3.8, 4) is 11.5 Å². The van der Waals surface area contributed by atoms with Crippen LogP contribution in [0, 0.1) is 0 Å². The fourth-order valence-corrected chi connectivity index (χ4v) is 1.41. The third-order valence-electron chi connectivity index (χ3n) is 1.76. The summed E-state index contributed by atoms with van der Waals surface area (Å²) in [5.74, 6) is -2.08. The van der Waals surface area contributed by atoms with Gasteiger partial charge >= 0.3 is 12.6 Å². The maximum Gasteiger partial charge on any atom is 0.387 e. The van der Waals surface area contributed by atoms with Crippen molar-refractivity contribution in [2.45, 2.75) is 13.5 Å². The molecule has 1 rings (SSSR count). The second-order valence-electron chi connectivity index (χ2n) is 2.90. The first kappa shape index (κ1) is 13.5. The Morgan fingerprint density at radius 2 is 2.18 bits per heavy atom. The van der Waals surface area contributed by atoms with Gasteiger partial charge in [0.05, 0.1) is 6.61 Å². The molecular formula is C10H9ClF2O4. The van der Waals surface area contributed by atoms with E-state index < -0.39 is 23.9 Å². The van der Waals surface area contributed by atoms with E-state index in [-0.39, 0.29) is 17.4 Å². The lowest BCUT2D eigenvalue weighted by atomic mass is 10.2. The number of hydrogen-bond donors (Lipinski definition) is 1. The van der Waals surface area contributed by atoms with Gasteiger partial charge in [0.25, 0.3) is 0 Å². The Kier molecular flexibility index (Phi) is 4.51. The highest BCUT2D eigenvalue weighted by Crippen LogP contribution is 2.36. The van der Waals surface area contributed by atoms with Crippen molar-refractivity contribution < 1.29 is 28.2 Å². The number of carboxylic acid groups (broad SMARTS) is 1. The molecular weight excluding hydrogens is 258 g/mol. The van der Waals surface area contributed by atoms with E-state index in [0.29, 0.717) is 0 Å². The van der Waals surface area contributed by atoms with Crippen LogP contribution >= 0.6 is 11.6 Å². The van der Waals surface area contributed by atoms with Gasteiger partial charge in [0.15, 0.2) is 11.5 Å². The molecule has 0 saturated heterocycles. The molecule has 0 saturated carbocycles. The summed E-state index contributed by atoms with van der Waals surface area (Å²) in [6.07, 6.45) is 0. The predicted molar refractivity (Wildman–Crippen MR) is 56.2 cm³/mol. The number of carbonyl (C=O) groups is 1. The summed E-state index contributed by atoms with van der Waals surface area (Å²) in [6.45, 7) is -1.36. The minimum absolute atomic E-state index is 0.0625. The normalized spacial score (nSPS) is 10.4. The Morgan fingerprint density at radius 3 is 2.65 bits per heavy atom. The molecule has 4 nitrogen and oxygen atoms in total. The molecule has 0 unspecified atom stereocenters. The maximum atomic E-state index is 12.2. The average Bonchev–Trinajstić information content (AvgIpc) is 2.21. The Hall–Kier alpha value is -1.56. The van der Waals surface area contributed by atoms with E-state index in [9.17, 15) is 13.6 Å². The second-order valence-corrected chi connectivity index (χ2v) is 3.33. The molecule has 0 atom stereocenters. The largest absolute Gasteiger partial charge is 0.490 e. The highest BCUT2D eigenvalue weighted by molar-refractivity contribution is 6.31. The number of benzene rings is 1. The lowest BCUT2D eigenvalue weighted by Crippen LogP contribution is -2.10. The standard InChI is InChI=1S/C10H9ClF2O4/c1-2-16-7-4-5(11)3-6(9(14)15)8(7)17-10(12)13/h3-4,10H,2H2,1H3,(H,14,15). The van der Waals surface area contributed by atoms with Crippen LogP contribution in [0.4, 0.5) is 8.78 Å². The summed E-state index contributed by atoms with van der Waals surface area (Å²) in [5.41, 5.74) is -0.471.